The summed E-state index contributed by atoms with van der Waals surface area (Å²) >= 11 is 0. The number of allylic oxidation sites excluding steroid dienone is 3. The molecule has 0 aliphatic heterocycles. The van der Waals surface area contributed by atoms with Crippen LogP contribution in [0, 0.1) is 17.8 Å². The van der Waals surface area contributed by atoms with Gasteiger partial charge < -0.3 is 4.74 Å². The van der Waals surface area contributed by atoms with Gasteiger partial charge in [0, 0.05) is 24.8 Å². The molecule has 0 bridgehead atoms. The van der Waals surface area contributed by atoms with Crippen LogP contribution in [0.15, 0.2) is 22.8 Å². The van der Waals surface area contributed by atoms with Crippen molar-refractivity contribution in [1.29, 1.82) is 0 Å². The molecular weight excluding hydrogens is 252 g/mol. The quantitative estimate of drug-likeness (QED) is 0.418. The third kappa shape index (κ3) is 2.72. The lowest BCUT2D eigenvalue weighted by Gasteiger charge is -2.42. The van der Waals surface area contributed by atoms with E-state index in [1.54, 1.807) is 0 Å². The smallest absolute Gasteiger partial charge is 0.303 e. The molecule has 3 unspecified atom stereocenters. The maximum atomic E-state index is 12.3. The lowest BCUT2D eigenvalue weighted by atomic mass is 9.63. The molecule has 0 spiro atoms. The first-order valence-corrected chi connectivity index (χ1v) is 7.37. The average molecular weight is 276 g/mol. The molecule has 2 aliphatic carbocycles. The second-order valence-corrected chi connectivity index (χ2v) is 6.45. The molecule has 3 nitrogen and oxygen atoms in total. The predicted molar refractivity (Wildman–Crippen MR) is 78.1 cm³/mol. The van der Waals surface area contributed by atoms with Gasteiger partial charge in [-0.1, -0.05) is 18.6 Å². The number of ether oxygens (including phenoxy) is 1. The fourth-order valence-electron chi connectivity index (χ4n) is 3.67. The second kappa shape index (κ2) is 5.55. The third-order valence-corrected chi connectivity index (χ3v) is 4.62. The van der Waals surface area contributed by atoms with Gasteiger partial charge in [0.05, 0.1) is 0 Å². The molecule has 0 N–H and O–H groups in total. The van der Waals surface area contributed by atoms with Gasteiger partial charge in [-0.3, -0.25) is 9.59 Å². The molecule has 0 heterocycles. The Morgan fingerprint density at radius 3 is 2.50 bits per heavy atom. The number of fused-ring (bicyclic) bond motifs is 1. The maximum Gasteiger partial charge on any atom is 0.303 e. The molecule has 110 valence electrons. The van der Waals surface area contributed by atoms with Crippen LogP contribution < -0.4 is 0 Å². The Morgan fingerprint density at radius 1 is 1.30 bits per heavy atom. The number of Topliss-reactive ketones (excluding diaryl/α,β-unsaturated/α-hetero) is 1. The SMILES string of the molecule is CC(=O)OC1CC2C(C=C1C)C(=C(C)C)C(=O)C[C@H]2C. The highest BCUT2D eigenvalue weighted by Gasteiger charge is 2.42. The van der Waals surface area contributed by atoms with E-state index in [4.69, 9.17) is 4.74 Å². The van der Waals surface area contributed by atoms with E-state index in [1.807, 2.05) is 20.8 Å². The molecular formula is C17H24O3. The molecule has 2 rings (SSSR count). The molecule has 1 fully saturated rings. The molecule has 3 heteroatoms. The van der Waals surface area contributed by atoms with Crippen LogP contribution in [0.1, 0.15) is 47.5 Å². The first kappa shape index (κ1) is 15.0. The first-order valence-electron chi connectivity index (χ1n) is 7.37. The van der Waals surface area contributed by atoms with Gasteiger partial charge in [0.2, 0.25) is 0 Å². The molecule has 0 aromatic carbocycles. The molecule has 1 saturated carbocycles. The Hall–Kier alpha value is -1.38. The lowest BCUT2D eigenvalue weighted by molar-refractivity contribution is -0.146. The standard InChI is InChI=1S/C17H24O3/c1-9(2)17-14-6-11(4)16(20-12(5)18)8-13(14)10(3)7-15(17)19/h6,10,13-14,16H,7-8H2,1-5H3/t10-,13?,14?,16?/m1/s1. The van der Waals surface area contributed by atoms with Crippen LogP contribution in [0.2, 0.25) is 0 Å². The van der Waals surface area contributed by atoms with Crippen LogP contribution in [0.25, 0.3) is 0 Å². The van der Waals surface area contributed by atoms with Crippen LogP contribution in [0.3, 0.4) is 0 Å². The fraction of sp³-hybridized carbons (Fsp3) is 0.647. The van der Waals surface area contributed by atoms with Crippen molar-refractivity contribution in [2.75, 3.05) is 0 Å². The summed E-state index contributed by atoms with van der Waals surface area (Å²) in [5, 5.41) is 0. The number of hydrogen-bond acceptors (Lipinski definition) is 3. The summed E-state index contributed by atoms with van der Waals surface area (Å²) in [5.74, 6) is 0.989. The topological polar surface area (TPSA) is 43.4 Å². The minimum Gasteiger partial charge on any atom is -0.458 e. The summed E-state index contributed by atoms with van der Waals surface area (Å²) < 4.78 is 5.42. The second-order valence-electron chi connectivity index (χ2n) is 6.45. The van der Waals surface area contributed by atoms with Crippen molar-refractivity contribution in [3.63, 3.8) is 0 Å². The molecule has 0 saturated heterocycles. The Labute approximate surface area is 121 Å². The minimum absolute atomic E-state index is 0.122. The fourth-order valence-corrected chi connectivity index (χ4v) is 3.67. The maximum absolute atomic E-state index is 12.3. The number of rotatable bonds is 1. The van der Waals surface area contributed by atoms with E-state index in [1.165, 1.54) is 6.92 Å². The largest absolute Gasteiger partial charge is 0.458 e. The van der Waals surface area contributed by atoms with Crippen molar-refractivity contribution < 1.29 is 14.3 Å². The van der Waals surface area contributed by atoms with E-state index in [-0.39, 0.29) is 23.8 Å². The van der Waals surface area contributed by atoms with Crippen molar-refractivity contribution in [2.45, 2.75) is 53.6 Å². The highest BCUT2D eigenvalue weighted by atomic mass is 16.5. The van der Waals surface area contributed by atoms with E-state index in [0.29, 0.717) is 18.3 Å². The molecule has 0 aromatic rings. The molecule has 2 aliphatic rings. The van der Waals surface area contributed by atoms with Crippen molar-refractivity contribution in [2.24, 2.45) is 17.8 Å². The number of esters is 1. The van der Waals surface area contributed by atoms with Crippen molar-refractivity contribution in [1.82, 2.24) is 0 Å². The van der Waals surface area contributed by atoms with Gasteiger partial charge in [-0.15, -0.1) is 0 Å². The van der Waals surface area contributed by atoms with E-state index < -0.39 is 0 Å². The van der Waals surface area contributed by atoms with Crippen LogP contribution in [-0.4, -0.2) is 17.9 Å². The molecule has 20 heavy (non-hydrogen) atoms. The zero-order valence-electron chi connectivity index (χ0n) is 13.0. The van der Waals surface area contributed by atoms with Crippen molar-refractivity contribution in [3.8, 4) is 0 Å². The van der Waals surface area contributed by atoms with Crippen molar-refractivity contribution in [3.05, 3.63) is 22.8 Å². The molecule has 0 aromatic heterocycles. The average Bonchev–Trinajstić information content (AvgIpc) is 2.30. The van der Waals surface area contributed by atoms with Gasteiger partial charge >= 0.3 is 5.97 Å². The number of carbonyl (C=O) groups excluding carboxylic acids is 2. The van der Waals surface area contributed by atoms with Gasteiger partial charge in [-0.2, -0.15) is 0 Å². The molecule has 0 radical (unpaired) electrons. The normalized spacial score (nSPS) is 33.4. The number of hydrogen-bond donors (Lipinski definition) is 0. The lowest BCUT2D eigenvalue weighted by Crippen LogP contribution is -2.40. The number of ketones is 1. The minimum atomic E-state index is -0.233. The first-order chi connectivity index (χ1) is 9.31. The van der Waals surface area contributed by atoms with Crippen molar-refractivity contribution >= 4 is 11.8 Å². The van der Waals surface area contributed by atoms with Gasteiger partial charge in [0.15, 0.2) is 5.78 Å². The van der Waals surface area contributed by atoms with E-state index in [9.17, 15) is 9.59 Å². The van der Waals surface area contributed by atoms with Crippen LogP contribution in [0.5, 0.6) is 0 Å². The van der Waals surface area contributed by atoms with Gasteiger partial charge in [-0.25, -0.2) is 0 Å². The summed E-state index contributed by atoms with van der Waals surface area (Å²) in [4.78, 5) is 23.5. The summed E-state index contributed by atoms with van der Waals surface area (Å²) in [6.07, 6.45) is 3.47. The zero-order valence-corrected chi connectivity index (χ0v) is 13.0. The van der Waals surface area contributed by atoms with Gasteiger partial charge in [-0.05, 0) is 44.6 Å². The monoisotopic (exact) mass is 276 g/mol. The Bertz CT molecular complexity index is 494. The van der Waals surface area contributed by atoms with Crippen LogP contribution in [0.4, 0.5) is 0 Å². The van der Waals surface area contributed by atoms with Crippen LogP contribution >= 0.6 is 0 Å². The van der Waals surface area contributed by atoms with Gasteiger partial charge in [0.25, 0.3) is 0 Å². The predicted octanol–water partition coefficient (Wildman–Crippen LogP) is 3.45. The zero-order chi connectivity index (χ0) is 15.0. The molecule has 4 atom stereocenters. The number of carbonyl (C=O) groups is 2. The Kier molecular flexibility index (Phi) is 4.17. The summed E-state index contributed by atoms with van der Waals surface area (Å²) in [6.45, 7) is 9.62. The molecule has 0 amide bonds. The van der Waals surface area contributed by atoms with E-state index in [2.05, 4.69) is 13.0 Å². The summed E-state index contributed by atoms with van der Waals surface area (Å²) in [6, 6.07) is 0. The van der Waals surface area contributed by atoms with E-state index >= 15 is 0 Å². The summed E-state index contributed by atoms with van der Waals surface area (Å²) in [5.41, 5.74) is 3.17. The van der Waals surface area contributed by atoms with Crippen LogP contribution in [-0.2, 0) is 14.3 Å². The Balaban J connectivity index is 2.37. The third-order valence-electron chi connectivity index (χ3n) is 4.62. The summed E-state index contributed by atoms with van der Waals surface area (Å²) in [7, 11) is 0. The van der Waals surface area contributed by atoms with Gasteiger partial charge in [0.1, 0.15) is 6.10 Å². The Morgan fingerprint density at radius 2 is 1.95 bits per heavy atom. The highest BCUT2D eigenvalue weighted by Crippen LogP contribution is 2.45. The highest BCUT2D eigenvalue weighted by molar-refractivity contribution is 5.98. The van der Waals surface area contributed by atoms with E-state index in [0.717, 1.165) is 23.1 Å².